The van der Waals surface area contributed by atoms with Crippen molar-refractivity contribution in [2.24, 2.45) is 0 Å². The number of anilines is 1. The van der Waals surface area contributed by atoms with Gasteiger partial charge in [0.15, 0.2) is 5.82 Å². The number of para-hydroxylation sites is 1. The minimum Gasteiger partial charge on any atom is -0.337 e. The Kier molecular flexibility index (Phi) is 2.91. The number of aryl methyl sites for hydroxylation is 1. The van der Waals surface area contributed by atoms with Crippen molar-refractivity contribution in [1.29, 1.82) is 0 Å². The van der Waals surface area contributed by atoms with Gasteiger partial charge in [-0.25, -0.2) is 4.79 Å². The quantitative estimate of drug-likeness (QED) is 0.889. The van der Waals surface area contributed by atoms with Crippen molar-refractivity contribution >= 4 is 11.7 Å². The third-order valence-electron chi connectivity index (χ3n) is 3.09. The molecule has 6 nitrogen and oxygen atoms in total. The van der Waals surface area contributed by atoms with E-state index < -0.39 is 0 Å². The molecular formula is C13H14N4O2. The molecule has 0 radical (unpaired) electrons. The van der Waals surface area contributed by atoms with Gasteiger partial charge in [-0.15, -0.1) is 0 Å². The molecule has 0 saturated carbocycles. The first-order valence-corrected chi connectivity index (χ1v) is 6.16. The molecule has 0 spiro atoms. The highest BCUT2D eigenvalue weighted by atomic mass is 16.5. The van der Waals surface area contributed by atoms with Crippen LogP contribution < -0.4 is 10.2 Å². The van der Waals surface area contributed by atoms with E-state index in [9.17, 15) is 4.79 Å². The number of rotatable bonds is 2. The summed E-state index contributed by atoms with van der Waals surface area (Å²) in [5.41, 5.74) is 2.17. The number of amides is 2. The highest BCUT2D eigenvalue weighted by molar-refractivity contribution is 5.94. The molecule has 1 aliphatic heterocycles. The average Bonchev–Trinajstić information content (AvgIpc) is 3.02. The lowest BCUT2D eigenvalue weighted by Crippen LogP contribution is -2.38. The lowest BCUT2D eigenvalue weighted by Gasteiger charge is -2.17. The molecule has 0 atom stereocenters. The zero-order valence-electron chi connectivity index (χ0n) is 10.6. The number of hydrogen-bond donors (Lipinski definition) is 1. The van der Waals surface area contributed by atoms with Crippen LogP contribution in [-0.4, -0.2) is 22.7 Å². The number of nitrogens with zero attached hydrogens (tertiary/aromatic N) is 3. The van der Waals surface area contributed by atoms with Crippen LogP contribution >= 0.6 is 0 Å². The number of hydrogen-bond acceptors (Lipinski definition) is 4. The summed E-state index contributed by atoms with van der Waals surface area (Å²) in [4.78, 5) is 17.9. The summed E-state index contributed by atoms with van der Waals surface area (Å²) in [5.74, 6) is 0.981. The number of urea groups is 1. The first-order valence-electron chi connectivity index (χ1n) is 6.16. The van der Waals surface area contributed by atoms with E-state index in [1.54, 1.807) is 11.8 Å². The smallest absolute Gasteiger partial charge is 0.322 e. The maximum absolute atomic E-state index is 12.1. The summed E-state index contributed by atoms with van der Waals surface area (Å²) in [6.45, 7) is 2.69. The van der Waals surface area contributed by atoms with Crippen molar-refractivity contribution in [2.45, 2.75) is 19.9 Å². The molecule has 0 saturated heterocycles. The van der Waals surface area contributed by atoms with Gasteiger partial charge in [0.1, 0.15) is 0 Å². The average molecular weight is 258 g/mol. The standard InChI is InChI=1S/C13H14N4O2/c1-9-15-12(19-16-9)8-14-13(18)17-7-6-10-4-2-3-5-11(10)17/h2-5H,6-8H2,1H3,(H,14,18). The number of nitrogens with one attached hydrogen (secondary N) is 1. The summed E-state index contributed by atoms with van der Waals surface area (Å²) >= 11 is 0. The minimum absolute atomic E-state index is 0.138. The lowest BCUT2D eigenvalue weighted by molar-refractivity contribution is 0.244. The molecule has 2 heterocycles. The van der Waals surface area contributed by atoms with Crippen molar-refractivity contribution in [2.75, 3.05) is 11.4 Å². The highest BCUT2D eigenvalue weighted by Crippen LogP contribution is 2.27. The van der Waals surface area contributed by atoms with E-state index in [4.69, 9.17) is 4.52 Å². The fraction of sp³-hybridized carbons (Fsp3) is 0.308. The molecule has 2 aromatic rings. The van der Waals surface area contributed by atoms with Gasteiger partial charge in [0, 0.05) is 12.2 Å². The number of carbonyl (C=O) groups excluding carboxylic acids is 1. The number of fused-ring (bicyclic) bond motifs is 1. The second-order valence-corrected chi connectivity index (χ2v) is 4.42. The Hall–Kier alpha value is -2.37. The third kappa shape index (κ3) is 2.29. The van der Waals surface area contributed by atoms with E-state index in [1.165, 1.54) is 5.56 Å². The second kappa shape index (κ2) is 4.72. The van der Waals surface area contributed by atoms with Crippen LogP contribution in [0.25, 0.3) is 0 Å². The van der Waals surface area contributed by atoms with Gasteiger partial charge in [0.2, 0.25) is 5.89 Å². The number of benzene rings is 1. The molecule has 98 valence electrons. The SMILES string of the molecule is Cc1noc(CNC(=O)N2CCc3ccccc32)n1. The summed E-state index contributed by atoms with van der Waals surface area (Å²) in [7, 11) is 0. The Morgan fingerprint density at radius 3 is 3.11 bits per heavy atom. The van der Waals surface area contributed by atoms with Gasteiger partial charge in [0.25, 0.3) is 0 Å². The molecule has 0 unspecified atom stereocenters. The topological polar surface area (TPSA) is 71.3 Å². The molecule has 0 aliphatic carbocycles. The first kappa shape index (κ1) is 11.7. The minimum atomic E-state index is -0.138. The summed E-state index contributed by atoms with van der Waals surface area (Å²) in [5, 5.41) is 6.46. The van der Waals surface area contributed by atoms with Gasteiger partial charge in [-0.1, -0.05) is 23.4 Å². The van der Waals surface area contributed by atoms with E-state index in [2.05, 4.69) is 15.5 Å². The van der Waals surface area contributed by atoms with Crippen molar-refractivity contribution < 1.29 is 9.32 Å². The van der Waals surface area contributed by atoms with Gasteiger partial charge in [-0.2, -0.15) is 4.98 Å². The van der Waals surface area contributed by atoms with Crippen molar-refractivity contribution in [3.8, 4) is 0 Å². The Bertz CT molecular complexity index is 608. The second-order valence-electron chi connectivity index (χ2n) is 4.42. The molecule has 3 rings (SSSR count). The van der Waals surface area contributed by atoms with Crippen LogP contribution in [0.15, 0.2) is 28.8 Å². The molecular weight excluding hydrogens is 244 g/mol. The first-order chi connectivity index (χ1) is 9.24. The third-order valence-corrected chi connectivity index (χ3v) is 3.09. The fourth-order valence-corrected chi connectivity index (χ4v) is 2.21. The van der Waals surface area contributed by atoms with Gasteiger partial charge < -0.3 is 9.84 Å². The van der Waals surface area contributed by atoms with Gasteiger partial charge in [-0.05, 0) is 25.0 Å². The molecule has 1 aliphatic rings. The number of carbonyl (C=O) groups is 1. The molecule has 1 aromatic carbocycles. The van der Waals surface area contributed by atoms with Crippen LogP contribution in [0, 0.1) is 6.92 Å². The Balaban J connectivity index is 1.66. The predicted molar refractivity (Wildman–Crippen MR) is 68.8 cm³/mol. The summed E-state index contributed by atoms with van der Waals surface area (Å²) < 4.78 is 4.95. The van der Waals surface area contributed by atoms with Gasteiger partial charge in [-0.3, -0.25) is 4.90 Å². The fourth-order valence-electron chi connectivity index (χ4n) is 2.21. The van der Waals surface area contributed by atoms with E-state index >= 15 is 0 Å². The zero-order chi connectivity index (χ0) is 13.2. The summed E-state index contributed by atoms with van der Waals surface area (Å²) in [6.07, 6.45) is 0.892. The molecule has 19 heavy (non-hydrogen) atoms. The molecule has 1 aromatic heterocycles. The van der Waals surface area contributed by atoms with Crippen molar-refractivity contribution in [3.05, 3.63) is 41.5 Å². The van der Waals surface area contributed by atoms with E-state index in [0.29, 0.717) is 18.3 Å². The monoisotopic (exact) mass is 258 g/mol. The maximum Gasteiger partial charge on any atom is 0.322 e. The van der Waals surface area contributed by atoms with Crippen LogP contribution in [0.1, 0.15) is 17.3 Å². The van der Waals surface area contributed by atoms with Gasteiger partial charge >= 0.3 is 6.03 Å². The van der Waals surface area contributed by atoms with Crippen LogP contribution in [-0.2, 0) is 13.0 Å². The van der Waals surface area contributed by atoms with Crippen molar-refractivity contribution in [3.63, 3.8) is 0 Å². The molecule has 1 N–H and O–H groups in total. The number of aromatic nitrogens is 2. The lowest BCUT2D eigenvalue weighted by atomic mass is 10.2. The highest BCUT2D eigenvalue weighted by Gasteiger charge is 2.24. The predicted octanol–water partition coefficient (Wildman–Crippen LogP) is 1.65. The largest absolute Gasteiger partial charge is 0.337 e. The summed E-state index contributed by atoms with van der Waals surface area (Å²) in [6, 6.07) is 7.79. The van der Waals surface area contributed by atoms with Crippen LogP contribution in [0.2, 0.25) is 0 Å². The Morgan fingerprint density at radius 1 is 1.47 bits per heavy atom. The normalized spacial score (nSPS) is 13.4. The van der Waals surface area contributed by atoms with Crippen LogP contribution in [0.5, 0.6) is 0 Å². The van der Waals surface area contributed by atoms with E-state index in [0.717, 1.165) is 12.1 Å². The Labute approximate surface area is 110 Å². The Morgan fingerprint density at radius 2 is 2.32 bits per heavy atom. The molecule has 2 amide bonds. The van der Waals surface area contributed by atoms with Crippen LogP contribution in [0.3, 0.4) is 0 Å². The van der Waals surface area contributed by atoms with Crippen LogP contribution in [0.4, 0.5) is 10.5 Å². The van der Waals surface area contributed by atoms with E-state index in [1.807, 2.05) is 24.3 Å². The van der Waals surface area contributed by atoms with Gasteiger partial charge in [0.05, 0.1) is 6.54 Å². The molecule has 0 fully saturated rings. The van der Waals surface area contributed by atoms with E-state index in [-0.39, 0.29) is 12.6 Å². The zero-order valence-corrected chi connectivity index (χ0v) is 10.6. The molecule has 0 bridgehead atoms. The maximum atomic E-state index is 12.1. The van der Waals surface area contributed by atoms with Crippen molar-refractivity contribution in [1.82, 2.24) is 15.5 Å². The molecule has 6 heteroatoms.